The lowest BCUT2D eigenvalue weighted by Gasteiger charge is -2.08. The van der Waals surface area contributed by atoms with Gasteiger partial charge in [0.2, 0.25) is 5.91 Å². The Kier molecular flexibility index (Phi) is 3.81. The van der Waals surface area contributed by atoms with Crippen LogP contribution in [0, 0.1) is 24.1 Å². The van der Waals surface area contributed by atoms with Crippen LogP contribution in [0.3, 0.4) is 0 Å². The second-order valence-corrected chi connectivity index (χ2v) is 3.48. The Morgan fingerprint density at radius 3 is 2.87 bits per heavy atom. The number of benzene rings is 1. The van der Waals surface area contributed by atoms with Crippen molar-refractivity contribution < 1.29 is 9.18 Å². The average Bonchev–Trinajstić information content (AvgIpc) is 2.24. The summed E-state index contributed by atoms with van der Waals surface area (Å²) in [6.07, 6.45) is 0. The Labute approximate surface area is 95.0 Å². The van der Waals surface area contributed by atoms with Crippen LogP contribution in [-0.4, -0.2) is 11.2 Å². The molecule has 1 rings (SSSR count). The van der Waals surface area contributed by atoms with E-state index in [1.54, 1.807) is 6.92 Å². The van der Waals surface area contributed by atoms with E-state index in [-0.39, 0.29) is 16.8 Å². The highest BCUT2D eigenvalue weighted by Crippen LogP contribution is 2.20. The summed E-state index contributed by atoms with van der Waals surface area (Å²) in [6.45, 7) is 1.54. The zero-order valence-electron chi connectivity index (χ0n) is 7.97. The molecule has 0 spiro atoms. The van der Waals surface area contributed by atoms with Crippen molar-refractivity contribution in [2.75, 3.05) is 10.6 Å². The van der Waals surface area contributed by atoms with E-state index in [1.165, 1.54) is 6.07 Å². The van der Waals surface area contributed by atoms with E-state index in [4.69, 9.17) is 5.26 Å². The lowest BCUT2D eigenvalue weighted by molar-refractivity contribution is -0.113. The Morgan fingerprint density at radius 2 is 2.33 bits per heavy atom. The maximum absolute atomic E-state index is 13.3. The molecule has 0 bridgehead atoms. The summed E-state index contributed by atoms with van der Waals surface area (Å²) in [5, 5.41) is 11.3. The minimum absolute atomic E-state index is 0.130. The van der Waals surface area contributed by atoms with Crippen molar-refractivity contribution in [1.29, 1.82) is 5.26 Å². The molecule has 15 heavy (non-hydrogen) atoms. The van der Waals surface area contributed by atoms with E-state index < -0.39 is 5.82 Å². The highest BCUT2D eigenvalue weighted by Gasteiger charge is 2.09. The summed E-state index contributed by atoms with van der Waals surface area (Å²) in [5.74, 6) is -0.786. The number of hydrogen-bond donors (Lipinski definition) is 1. The van der Waals surface area contributed by atoms with Crippen LogP contribution in [0.4, 0.5) is 10.1 Å². The fraction of sp³-hybridized carbons (Fsp3) is 0.200. The fourth-order valence-corrected chi connectivity index (χ4v) is 1.20. The molecule has 1 N–H and O–H groups in total. The van der Waals surface area contributed by atoms with Gasteiger partial charge in [0.05, 0.1) is 17.0 Å². The molecule has 1 amide bonds. The molecule has 0 aliphatic carbocycles. The number of carbonyl (C=O) groups excluding carboxylic acids is 1. The summed E-state index contributed by atoms with van der Waals surface area (Å²) >= 11 is 2.98. The van der Waals surface area contributed by atoms with Gasteiger partial charge in [0.15, 0.2) is 0 Å². The van der Waals surface area contributed by atoms with E-state index in [0.717, 1.165) is 6.07 Å². The first-order chi connectivity index (χ1) is 7.08. The molecule has 0 heterocycles. The lowest BCUT2D eigenvalue weighted by Crippen LogP contribution is -2.13. The van der Waals surface area contributed by atoms with Crippen molar-refractivity contribution >= 4 is 27.5 Å². The normalized spacial score (nSPS) is 9.47. The summed E-state index contributed by atoms with van der Waals surface area (Å²) in [4.78, 5) is 11.1. The molecule has 0 saturated heterocycles. The number of amides is 1. The van der Waals surface area contributed by atoms with Crippen molar-refractivity contribution in [3.05, 3.63) is 29.1 Å². The van der Waals surface area contributed by atoms with Gasteiger partial charge in [0, 0.05) is 11.3 Å². The molecule has 78 valence electrons. The fourth-order valence-electron chi connectivity index (χ4n) is 1.06. The summed E-state index contributed by atoms with van der Waals surface area (Å²) < 4.78 is 13.3. The van der Waals surface area contributed by atoms with Gasteiger partial charge in [-0.25, -0.2) is 4.39 Å². The van der Waals surface area contributed by atoms with E-state index in [9.17, 15) is 9.18 Å². The Morgan fingerprint density at radius 1 is 1.67 bits per heavy atom. The molecule has 0 radical (unpaired) electrons. The third-order valence-electron chi connectivity index (χ3n) is 1.87. The van der Waals surface area contributed by atoms with Crippen molar-refractivity contribution in [3.8, 4) is 6.07 Å². The van der Waals surface area contributed by atoms with Crippen molar-refractivity contribution in [2.45, 2.75) is 6.92 Å². The number of nitrogens with one attached hydrogen (secondary N) is 1. The van der Waals surface area contributed by atoms with Crippen LogP contribution in [-0.2, 0) is 4.79 Å². The monoisotopic (exact) mass is 270 g/mol. The second-order valence-electron chi connectivity index (χ2n) is 2.92. The lowest BCUT2D eigenvalue weighted by atomic mass is 10.1. The molecule has 0 saturated carbocycles. The van der Waals surface area contributed by atoms with Crippen LogP contribution >= 0.6 is 15.9 Å². The maximum atomic E-state index is 13.3. The van der Waals surface area contributed by atoms with Crippen molar-refractivity contribution in [1.82, 2.24) is 0 Å². The summed E-state index contributed by atoms with van der Waals surface area (Å²) in [6, 6.07) is 4.41. The molecular weight excluding hydrogens is 263 g/mol. The van der Waals surface area contributed by atoms with Gasteiger partial charge in [-0.3, -0.25) is 4.79 Å². The zero-order valence-corrected chi connectivity index (χ0v) is 9.56. The Hall–Kier alpha value is -1.41. The number of anilines is 1. The van der Waals surface area contributed by atoms with Crippen LogP contribution in [0.5, 0.6) is 0 Å². The number of hydrogen-bond acceptors (Lipinski definition) is 2. The van der Waals surface area contributed by atoms with Gasteiger partial charge >= 0.3 is 0 Å². The third kappa shape index (κ3) is 2.77. The molecule has 0 atom stereocenters. The van der Waals surface area contributed by atoms with Gasteiger partial charge in [0.25, 0.3) is 0 Å². The maximum Gasteiger partial charge on any atom is 0.235 e. The number of carbonyl (C=O) groups is 1. The van der Waals surface area contributed by atoms with Crippen LogP contribution in [0.2, 0.25) is 0 Å². The number of halogens is 2. The molecule has 0 aliphatic rings. The van der Waals surface area contributed by atoms with Crippen LogP contribution < -0.4 is 5.32 Å². The van der Waals surface area contributed by atoms with Crippen LogP contribution in [0.1, 0.15) is 11.1 Å². The van der Waals surface area contributed by atoms with Gasteiger partial charge in [-0.15, -0.1) is 0 Å². The predicted molar refractivity (Wildman–Crippen MR) is 58.3 cm³/mol. The minimum atomic E-state index is -0.501. The standard InChI is InChI=1S/C10H8BrFN2O/c1-6-8(12)2-7(5-13)3-9(6)14-10(15)4-11/h2-3H,4H2,1H3,(H,14,15). The van der Waals surface area contributed by atoms with Gasteiger partial charge in [0.1, 0.15) is 5.82 Å². The zero-order chi connectivity index (χ0) is 11.4. The number of nitriles is 1. The predicted octanol–water partition coefficient (Wildman–Crippen LogP) is 2.34. The van der Waals surface area contributed by atoms with Crippen molar-refractivity contribution in [3.63, 3.8) is 0 Å². The smallest absolute Gasteiger partial charge is 0.235 e. The number of nitrogens with zero attached hydrogens (tertiary/aromatic N) is 1. The summed E-state index contributed by atoms with van der Waals surface area (Å²) in [7, 11) is 0. The second kappa shape index (κ2) is 4.89. The number of alkyl halides is 1. The van der Waals surface area contributed by atoms with Gasteiger partial charge < -0.3 is 5.32 Å². The topological polar surface area (TPSA) is 52.9 Å². The first kappa shape index (κ1) is 11.7. The molecule has 0 aliphatic heterocycles. The molecule has 1 aromatic rings. The highest BCUT2D eigenvalue weighted by atomic mass is 79.9. The molecule has 5 heteroatoms. The first-order valence-electron chi connectivity index (χ1n) is 4.14. The molecule has 1 aromatic carbocycles. The third-order valence-corrected chi connectivity index (χ3v) is 2.38. The van der Waals surface area contributed by atoms with Crippen LogP contribution in [0.15, 0.2) is 12.1 Å². The molecular formula is C10H8BrFN2O. The van der Waals surface area contributed by atoms with Gasteiger partial charge in [-0.05, 0) is 19.1 Å². The Bertz CT molecular complexity index is 440. The summed E-state index contributed by atoms with van der Waals surface area (Å²) in [5.41, 5.74) is 0.835. The average molecular weight is 271 g/mol. The first-order valence-corrected chi connectivity index (χ1v) is 5.26. The van der Waals surface area contributed by atoms with Crippen LogP contribution in [0.25, 0.3) is 0 Å². The molecule has 0 unspecified atom stereocenters. The Balaban J connectivity index is 3.12. The largest absolute Gasteiger partial charge is 0.325 e. The molecule has 0 fully saturated rings. The number of rotatable bonds is 2. The van der Waals surface area contributed by atoms with E-state index in [2.05, 4.69) is 21.2 Å². The van der Waals surface area contributed by atoms with Gasteiger partial charge in [-0.1, -0.05) is 15.9 Å². The van der Waals surface area contributed by atoms with E-state index >= 15 is 0 Å². The van der Waals surface area contributed by atoms with E-state index in [0.29, 0.717) is 11.3 Å². The van der Waals surface area contributed by atoms with E-state index in [1.807, 2.05) is 6.07 Å². The molecule has 0 aromatic heterocycles. The SMILES string of the molecule is Cc1c(F)cc(C#N)cc1NC(=O)CBr. The van der Waals surface area contributed by atoms with Crippen molar-refractivity contribution in [2.24, 2.45) is 0 Å². The van der Waals surface area contributed by atoms with Gasteiger partial charge in [-0.2, -0.15) is 5.26 Å². The molecule has 3 nitrogen and oxygen atoms in total. The highest BCUT2D eigenvalue weighted by molar-refractivity contribution is 9.09. The quantitative estimate of drug-likeness (QED) is 0.839. The minimum Gasteiger partial charge on any atom is -0.325 e.